The van der Waals surface area contributed by atoms with Crippen LogP contribution in [0.25, 0.3) is 0 Å². The highest BCUT2D eigenvalue weighted by molar-refractivity contribution is 7.12. The third kappa shape index (κ3) is 1.58. The summed E-state index contributed by atoms with van der Waals surface area (Å²) in [5.74, 6) is 0. The maximum absolute atomic E-state index is 9.51. The van der Waals surface area contributed by atoms with E-state index in [1.807, 2.05) is 19.1 Å². The average Bonchev–Trinajstić information content (AvgIpc) is 2.11. The highest BCUT2D eigenvalue weighted by Gasteiger charge is 2.16. The summed E-state index contributed by atoms with van der Waals surface area (Å²) in [6, 6.07) is 4.00. The van der Waals surface area contributed by atoms with Gasteiger partial charge >= 0.3 is 0 Å². The van der Waals surface area contributed by atoms with Crippen LogP contribution in [0.2, 0.25) is 0 Å². The Bertz CT molecular complexity index is 219. The molecule has 1 N–H and O–H groups in total. The van der Waals surface area contributed by atoms with E-state index in [9.17, 15) is 5.11 Å². The summed E-state index contributed by atoms with van der Waals surface area (Å²) < 4.78 is 0. The number of aryl methyl sites for hydroxylation is 1. The topological polar surface area (TPSA) is 20.2 Å². The highest BCUT2D eigenvalue weighted by Crippen LogP contribution is 2.26. The van der Waals surface area contributed by atoms with E-state index in [2.05, 4.69) is 0 Å². The summed E-state index contributed by atoms with van der Waals surface area (Å²) in [4.78, 5) is 2.28. The van der Waals surface area contributed by atoms with Crippen LogP contribution in [0.1, 0.15) is 23.6 Å². The zero-order chi connectivity index (χ0) is 7.78. The SMILES string of the molecule is Cc1ccc(C(C)(C)O)s1. The molecule has 1 heterocycles. The molecule has 1 nitrogen and oxygen atoms in total. The van der Waals surface area contributed by atoms with Crippen LogP contribution in [-0.4, -0.2) is 5.11 Å². The Morgan fingerprint density at radius 3 is 2.20 bits per heavy atom. The summed E-state index contributed by atoms with van der Waals surface area (Å²) in [7, 11) is 0. The molecule has 56 valence electrons. The Kier molecular flexibility index (Phi) is 1.84. The summed E-state index contributed by atoms with van der Waals surface area (Å²) in [6.07, 6.45) is 0. The van der Waals surface area contributed by atoms with Gasteiger partial charge in [-0.1, -0.05) is 0 Å². The van der Waals surface area contributed by atoms with Gasteiger partial charge in [-0.05, 0) is 32.9 Å². The lowest BCUT2D eigenvalue weighted by Crippen LogP contribution is -2.12. The molecule has 0 aromatic carbocycles. The third-order valence-electron chi connectivity index (χ3n) is 1.34. The first-order chi connectivity index (χ1) is 4.50. The van der Waals surface area contributed by atoms with Crippen molar-refractivity contribution in [1.29, 1.82) is 0 Å². The lowest BCUT2D eigenvalue weighted by Gasteiger charge is -2.13. The minimum atomic E-state index is -0.668. The fourth-order valence-electron chi connectivity index (χ4n) is 0.763. The number of hydrogen-bond acceptors (Lipinski definition) is 2. The zero-order valence-electron chi connectivity index (χ0n) is 6.51. The smallest absolute Gasteiger partial charge is 0.0932 e. The van der Waals surface area contributed by atoms with Crippen molar-refractivity contribution in [2.75, 3.05) is 0 Å². The van der Waals surface area contributed by atoms with E-state index in [-0.39, 0.29) is 0 Å². The number of thiophene rings is 1. The van der Waals surface area contributed by atoms with Gasteiger partial charge in [0.15, 0.2) is 0 Å². The molecule has 2 heteroatoms. The Balaban J connectivity index is 2.96. The van der Waals surface area contributed by atoms with Crippen LogP contribution in [0.4, 0.5) is 0 Å². The molecule has 0 atom stereocenters. The Morgan fingerprint density at radius 2 is 2.00 bits per heavy atom. The van der Waals surface area contributed by atoms with Gasteiger partial charge in [0.25, 0.3) is 0 Å². The van der Waals surface area contributed by atoms with Crippen LogP contribution in [-0.2, 0) is 5.60 Å². The van der Waals surface area contributed by atoms with Crippen molar-refractivity contribution in [2.24, 2.45) is 0 Å². The normalized spacial score (nSPS) is 12.0. The molecular weight excluding hydrogens is 144 g/mol. The molecule has 0 radical (unpaired) electrons. The van der Waals surface area contributed by atoms with Crippen LogP contribution < -0.4 is 0 Å². The van der Waals surface area contributed by atoms with Gasteiger partial charge in [-0.2, -0.15) is 0 Å². The maximum Gasteiger partial charge on any atom is 0.0932 e. The van der Waals surface area contributed by atoms with E-state index >= 15 is 0 Å². The van der Waals surface area contributed by atoms with Gasteiger partial charge in [-0.15, -0.1) is 11.3 Å². The lowest BCUT2D eigenvalue weighted by molar-refractivity contribution is 0.0825. The van der Waals surface area contributed by atoms with Crippen molar-refractivity contribution in [3.05, 3.63) is 21.9 Å². The number of rotatable bonds is 1. The Morgan fingerprint density at radius 1 is 1.40 bits per heavy atom. The second-order valence-electron chi connectivity index (χ2n) is 2.97. The predicted octanol–water partition coefficient (Wildman–Crippen LogP) is 2.28. The molecular formula is C8H12OS. The van der Waals surface area contributed by atoms with Crippen LogP contribution in [0.15, 0.2) is 12.1 Å². The van der Waals surface area contributed by atoms with E-state index in [1.165, 1.54) is 4.88 Å². The van der Waals surface area contributed by atoms with Gasteiger partial charge in [-0.3, -0.25) is 0 Å². The quantitative estimate of drug-likeness (QED) is 0.661. The Hall–Kier alpha value is -0.340. The maximum atomic E-state index is 9.51. The molecule has 0 unspecified atom stereocenters. The van der Waals surface area contributed by atoms with Crippen molar-refractivity contribution < 1.29 is 5.11 Å². The fourth-order valence-corrected chi connectivity index (χ4v) is 1.63. The summed E-state index contributed by atoms with van der Waals surface area (Å²) in [5.41, 5.74) is -0.668. The van der Waals surface area contributed by atoms with Gasteiger partial charge in [-0.25, -0.2) is 0 Å². The molecule has 0 aliphatic rings. The summed E-state index contributed by atoms with van der Waals surface area (Å²) in [6.45, 7) is 5.65. The number of hydrogen-bond donors (Lipinski definition) is 1. The van der Waals surface area contributed by atoms with Gasteiger partial charge in [0.2, 0.25) is 0 Å². The van der Waals surface area contributed by atoms with Crippen molar-refractivity contribution in [3.63, 3.8) is 0 Å². The minimum Gasteiger partial charge on any atom is -0.385 e. The summed E-state index contributed by atoms with van der Waals surface area (Å²) >= 11 is 1.64. The van der Waals surface area contributed by atoms with Gasteiger partial charge in [0.1, 0.15) is 0 Å². The van der Waals surface area contributed by atoms with E-state index in [0.29, 0.717) is 0 Å². The molecule has 1 rings (SSSR count). The zero-order valence-corrected chi connectivity index (χ0v) is 7.33. The van der Waals surface area contributed by atoms with E-state index in [4.69, 9.17) is 0 Å². The molecule has 0 fully saturated rings. The molecule has 0 bridgehead atoms. The molecule has 1 aromatic rings. The second kappa shape index (κ2) is 2.36. The first-order valence-corrected chi connectivity index (χ1v) is 4.11. The third-order valence-corrected chi connectivity index (χ3v) is 2.66. The second-order valence-corrected chi connectivity index (χ2v) is 4.26. The van der Waals surface area contributed by atoms with Crippen LogP contribution >= 0.6 is 11.3 Å². The van der Waals surface area contributed by atoms with Gasteiger partial charge in [0, 0.05) is 9.75 Å². The van der Waals surface area contributed by atoms with Crippen molar-refractivity contribution in [2.45, 2.75) is 26.4 Å². The van der Waals surface area contributed by atoms with E-state index < -0.39 is 5.60 Å². The molecule has 0 amide bonds. The molecule has 0 aliphatic heterocycles. The molecule has 10 heavy (non-hydrogen) atoms. The molecule has 0 saturated carbocycles. The lowest BCUT2D eigenvalue weighted by atomic mass is 10.1. The van der Waals surface area contributed by atoms with Crippen molar-refractivity contribution in [3.8, 4) is 0 Å². The summed E-state index contributed by atoms with van der Waals surface area (Å²) in [5, 5.41) is 9.51. The van der Waals surface area contributed by atoms with Crippen molar-refractivity contribution >= 4 is 11.3 Å². The molecule has 0 spiro atoms. The average molecular weight is 156 g/mol. The Labute approximate surface area is 65.3 Å². The van der Waals surface area contributed by atoms with Crippen molar-refractivity contribution in [1.82, 2.24) is 0 Å². The van der Waals surface area contributed by atoms with Gasteiger partial charge in [0.05, 0.1) is 5.60 Å². The largest absolute Gasteiger partial charge is 0.385 e. The van der Waals surface area contributed by atoms with Crippen LogP contribution in [0, 0.1) is 6.92 Å². The predicted molar refractivity (Wildman–Crippen MR) is 44.3 cm³/mol. The monoisotopic (exact) mass is 156 g/mol. The minimum absolute atomic E-state index is 0.668. The first kappa shape index (κ1) is 7.76. The molecule has 1 aromatic heterocycles. The van der Waals surface area contributed by atoms with Crippen LogP contribution in [0.3, 0.4) is 0 Å². The standard InChI is InChI=1S/C8H12OS/c1-6-4-5-7(10-6)8(2,3)9/h4-5,9H,1-3H3. The highest BCUT2D eigenvalue weighted by atomic mass is 32.1. The van der Waals surface area contributed by atoms with E-state index in [1.54, 1.807) is 25.2 Å². The first-order valence-electron chi connectivity index (χ1n) is 3.29. The molecule has 0 aliphatic carbocycles. The van der Waals surface area contributed by atoms with Crippen LogP contribution in [0.5, 0.6) is 0 Å². The van der Waals surface area contributed by atoms with Gasteiger partial charge < -0.3 is 5.11 Å². The number of aliphatic hydroxyl groups is 1. The molecule has 0 saturated heterocycles. The van der Waals surface area contributed by atoms with E-state index in [0.717, 1.165) is 4.88 Å². The fraction of sp³-hybridized carbons (Fsp3) is 0.500.